The molecule has 4 unspecified atom stereocenters. The summed E-state index contributed by atoms with van der Waals surface area (Å²) in [7, 11) is 0. The highest BCUT2D eigenvalue weighted by molar-refractivity contribution is 7.99. The fourth-order valence-corrected chi connectivity index (χ4v) is 6.21. The molecule has 1 aliphatic carbocycles. The molecule has 0 amide bonds. The van der Waals surface area contributed by atoms with Crippen LogP contribution in [0.3, 0.4) is 0 Å². The van der Waals surface area contributed by atoms with Gasteiger partial charge in [-0.2, -0.15) is 11.8 Å². The highest BCUT2D eigenvalue weighted by atomic mass is 32.2. The van der Waals surface area contributed by atoms with Gasteiger partial charge in [-0.25, -0.2) is 0 Å². The number of carboxylic acid groups (broad SMARTS) is 1. The molecule has 3 fully saturated rings. The van der Waals surface area contributed by atoms with E-state index in [-0.39, 0.29) is 6.04 Å². The maximum absolute atomic E-state index is 11.8. The van der Waals surface area contributed by atoms with Gasteiger partial charge in [0.1, 0.15) is 6.04 Å². The van der Waals surface area contributed by atoms with E-state index in [0.29, 0.717) is 17.5 Å². The van der Waals surface area contributed by atoms with Crippen LogP contribution in [0.15, 0.2) is 0 Å². The lowest BCUT2D eigenvalue weighted by atomic mass is 9.74. The summed E-state index contributed by atoms with van der Waals surface area (Å²) in [5, 5.41) is 9.71. The summed E-state index contributed by atoms with van der Waals surface area (Å²) < 4.78 is 0. The standard InChI is InChI=1S/C17H29NO2S/c1-17(2)9-13(10-21-11-17)18-14-6-4-3-5-12(14)7-8-15(18)16(19)20/h12-15H,3-11H2,1-2H3,(H,19,20). The second-order valence-corrected chi connectivity index (χ2v) is 9.06. The van der Waals surface area contributed by atoms with Gasteiger partial charge in [0.25, 0.3) is 0 Å². The third kappa shape index (κ3) is 3.26. The van der Waals surface area contributed by atoms with Crippen LogP contribution in [0.4, 0.5) is 0 Å². The molecule has 0 radical (unpaired) electrons. The molecule has 2 aliphatic heterocycles. The van der Waals surface area contributed by atoms with E-state index in [0.717, 1.165) is 30.9 Å². The molecule has 3 nitrogen and oxygen atoms in total. The predicted octanol–water partition coefficient (Wildman–Crippen LogP) is 3.63. The van der Waals surface area contributed by atoms with Crippen molar-refractivity contribution in [2.24, 2.45) is 11.3 Å². The van der Waals surface area contributed by atoms with Gasteiger partial charge < -0.3 is 5.11 Å². The van der Waals surface area contributed by atoms with Crippen molar-refractivity contribution in [3.05, 3.63) is 0 Å². The molecule has 120 valence electrons. The van der Waals surface area contributed by atoms with Crippen molar-refractivity contribution < 1.29 is 9.90 Å². The van der Waals surface area contributed by atoms with Gasteiger partial charge in [0.15, 0.2) is 0 Å². The van der Waals surface area contributed by atoms with Crippen LogP contribution in [-0.2, 0) is 4.79 Å². The molecular weight excluding hydrogens is 282 g/mol. The molecule has 1 N–H and O–H groups in total. The summed E-state index contributed by atoms with van der Waals surface area (Å²) >= 11 is 2.02. The molecule has 21 heavy (non-hydrogen) atoms. The molecule has 3 rings (SSSR count). The quantitative estimate of drug-likeness (QED) is 0.845. The van der Waals surface area contributed by atoms with Crippen LogP contribution in [0.1, 0.15) is 58.8 Å². The lowest BCUT2D eigenvalue weighted by Crippen LogP contribution is -2.61. The maximum Gasteiger partial charge on any atom is 0.320 e. The van der Waals surface area contributed by atoms with Crippen LogP contribution in [0.5, 0.6) is 0 Å². The molecule has 0 spiro atoms. The van der Waals surface area contributed by atoms with E-state index in [1.165, 1.54) is 31.4 Å². The number of thioether (sulfide) groups is 1. The number of fused-ring (bicyclic) bond motifs is 1. The Morgan fingerprint density at radius 2 is 1.95 bits per heavy atom. The Balaban J connectivity index is 1.83. The van der Waals surface area contributed by atoms with Gasteiger partial charge in [-0.15, -0.1) is 0 Å². The molecule has 4 heteroatoms. The van der Waals surface area contributed by atoms with Crippen molar-refractivity contribution in [2.45, 2.75) is 76.9 Å². The van der Waals surface area contributed by atoms with E-state index in [1.807, 2.05) is 11.8 Å². The summed E-state index contributed by atoms with van der Waals surface area (Å²) in [4.78, 5) is 14.3. The van der Waals surface area contributed by atoms with Crippen LogP contribution >= 0.6 is 11.8 Å². The number of likely N-dealkylation sites (tertiary alicyclic amines) is 1. The molecule has 0 aromatic heterocycles. The first-order chi connectivity index (χ1) is 9.98. The van der Waals surface area contributed by atoms with E-state index in [4.69, 9.17) is 0 Å². The molecule has 0 bridgehead atoms. The van der Waals surface area contributed by atoms with Crippen molar-refractivity contribution in [3.8, 4) is 0 Å². The van der Waals surface area contributed by atoms with E-state index >= 15 is 0 Å². The maximum atomic E-state index is 11.8. The van der Waals surface area contributed by atoms with E-state index in [1.54, 1.807) is 0 Å². The minimum atomic E-state index is -0.590. The summed E-state index contributed by atoms with van der Waals surface area (Å²) in [6, 6.07) is 0.766. The number of piperidine rings is 1. The van der Waals surface area contributed by atoms with Crippen LogP contribution in [0.25, 0.3) is 0 Å². The number of aliphatic carboxylic acids is 1. The second kappa shape index (κ2) is 6.11. The first-order valence-corrected chi connectivity index (χ1v) is 9.71. The normalized spacial score (nSPS) is 40.5. The number of nitrogens with zero attached hydrogens (tertiary/aromatic N) is 1. The zero-order valence-corrected chi connectivity index (χ0v) is 14.2. The Bertz CT molecular complexity index is 398. The minimum absolute atomic E-state index is 0.233. The zero-order valence-electron chi connectivity index (χ0n) is 13.4. The van der Waals surface area contributed by atoms with E-state index < -0.39 is 5.97 Å². The minimum Gasteiger partial charge on any atom is -0.480 e. The first-order valence-electron chi connectivity index (χ1n) is 8.56. The molecule has 3 aliphatic rings. The van der Waals surface area contributed by atoms with Crippen LogP contribution < -0.4 is 0 Å². The van der Waals surface area contributed by atoms with Crippen molar-refractivity contribution in [3.63, 3.8) is 0 Å². The highest BCUT2D eigenvalue weighted by Crippen LogP contribution is 2.43. The summed E-state index contributed by atoms with van der Waals surface area (Å²) in [5.74, 6) is 2.50. The fraction of sp³-hybridized carbons (Fsp3) is 0.941. The average Bonchev–Trinajstić information content (AvgIpc) is 2.44. The van der Waals surface area contributed by atoms with Crippen molar-refractivity contribution in [1.29, 1.82) is 0 Å². The largest absolute Gasteiger partial charge is 0.480 e. The highest BCUT2D eigenvalue weighted by Gasteiger charge is 2.46. The Kier molecular flexibility index (Phi) is 4.56. The Labute approximate surface area is 132 Å². The summed E-state index contributed by atoms with van der Waals surface area (Å²) in [6.07, 6.45) is 8.31. The molecule has 0 aromatic carbocycles. The number of rotatable bonds is 2. The molecule has 4 atom stereocenters. The molecule has 2 saturated heterocycles. The van der Waals surface area contributed by atoms with Gasteiger partial charge >= 0.3 is 5.97 Å². The van der Waals surface area contributed by atoms with Gasteiger partial charge in [0, 0.05) is 17.8 Å². The molecule has 1 saturated carbocycles. The molecule has 2 heterocycles. The Hall–Kier alpha value is -0.220. The monoisotopic (exact) mass is 311 g/mol. The van der Waals surface area contributed by atoms with Gasteiger partial charge in [-0.1, -0.05) is 26.7 Å². The van der Waals surface area contributed by atoms with Gasteiger partial charge in [-0.3, -0.25) is 9.69 Å². The van der Waals surface area contributed by atoms with Gasteiger partial charge in [0.05, 0.1) is 0 Å². The van der Waals surface area contributed by atoms with Crippen LogP contribution in [0, 0.1) is 11.3 Å². The Morgan fingerprint density at radius 1 is 1.19 bits per heavy atom. The Morgan fingerprint density at radius 3 is 2.67 bits per heavy atom. The molecule has 0 aromatic rings. The lowest BCUT2D eigenvalue weighted by Gasteiger charge is -2.53. The molecular formula is C17H29NO2S. The van der Waals surface area contributed by atoms with Crippen molar-refractivity contribution >= 4 is 17.7 Å². The van der Waals surface area contributed by atoms with E-state index in [2.05, 4.69) is 18.7 Å². The number of hydrogen-bond acceptors (Lipinski definition) is 3. The summed E-state index contributed by atoms with van der Waals surface area (Å²) in [5.41, 5.74) is 0.345. The third-order valence-electron chi connectivity index (χ3n) is 5.72. The smallest absolute Gasteiger partial charge is 0.320 e. The lowest BCUT2D eigenvalue weighted by molar-refractivity contribution is -0.150. The number of carboxylic acids is 1. The first kappa shape index (κ1) is 15.7. The number of carbonyl (C=O) groups is 1. The topological polar surface area (TPSA) is 40.5 Å². The van der Waals surface area contributed by atoms with Gasteiger partial charge in [0.2, 0.25) is 0 Å². The van der Waals surface area contributed by atoms with Gasteiger partial charge in [-0.05, 0) is 49.2 Å². The fourth-order valence-electron chi connectivity index (χ4n) is 4.86. The van der Waals surface area contributed by atoms with Crippen LogP contribution in [-0.4, -0.2) is 45.6 Å². The SMILES string of the molecule is CC1(C)CSCC(N2C(C(=O)O)CCC3CCCCC32)C1. The second-order valence-electron chi connectivity index (χ2n) is 8.03. The van der Waals surface area contributed by atoms with Crippen molar-refractivity contribution in [1.82, 2.24) is 4.90 Å². The summed E-state index contributed by atoms with van der Waals surface area (Å²) in [6.45, 7) is 4.68. The van der Waals surface area contributed by atoms with Crippen molar-refractivity contribution in [2.75, 3.05) is 11.5 Å². The van der Waals surface area contributed by atoms with E-state index in [9.17, 15) is 9.90 Å². The number of hydrogen-bond donors (Lipinski definition) is 1. The average molecular weight is 311 g/mol. The predicted molar refractivity (Wildman–Crippen MR) is 87.8 cm³/mol. The zero-order chi connectivity index (χ0) is 15.0. The third-order valence-corrected chi connectivity index (χ3v) is 7.33. The van der Waals surface area contributed by atoms with Crippen LogP contribution in [0.2, 0.25) is 0 Å².